The van der Waals surface area contributed by atoms with Crippen molar-refractivity contribution in [3.05, 3.63) is 35.7 Å². The lowest BCUT2D eigenvalue weighted by atomic mass is 10.1. The molecule has 0 aliphatic carbocycles. The average Bonchev–Trinajstić information content (AvgIpc) is 2.70. The zero-order valence-corrected chi connectivity index (χ0v) is 12.9. The summed E-state index contributed by atoms with van der Waals surface area (Å²) in [6, 6.07) is 3.73. The first-order valence-corrected chi connectivity index (χ1v) is 7.08. The third-order valence-corrected chi connectivity index (χ3v) is 3.32. The Labute approximate surface area is 123 Å². The maximum Gasteiger partial charge on any atom is 0.159 e. The number of halogens is 2. The molecule has 5 heteroatoms. The summed E-state index contributed by atoms with van der Waals surface area (Å²) in [4.78, 5) is 4.56. The van der Waals surface area contributed by atoms with Crippen molar-refractivity contribution in [3.8, 4) is 11.3 Å². The van der Waals surface area contributed by atoms with E-state index in [0.29, 0.717) is 17.1 Å². The minimum atomic E-state index is -0.894. The Balaban J connectivity index is 2.62. The highest BCUT2D eigenvalue weighted by atomic mass is 19.2. The molecule has 0 fully saturated rings. The van der Waals surface area contributed by atoms with Crippen LogP contribution in [0.2, 0.25) is 0 Å². The number of nitrogen functional groups attached to an aromatic ring is 1. The van der Waals surface area contributed by atoms with Crippen molar-refractivity contribution in [2.24, 2.45) is 0 Å². The fourth-order valence-corrected chi connectivity index (χ4v) is 2.48. The summed E-state index contributed by atoms with van der Waals surface area (Å²) in [5.74, 6) is -0.421. The summed E-state index contributed by atoms with van der Waals surface area (Å²) < 4.78 is 28.5. The van der Waals surface area contributed by atoms with E-state index in [4.69, 9.17) is 5.73 Å². The normalized spacial score (nSPS) is 11.9. The molecular formula is C16H21F2N3. The molecule has 0 saturated heterocycles. The predicted molar refractivity (Wildman–Crippen MR) is 81.0 cm³/mol. The molecule has 0 aliphatic heterocycles. The van der Waals surface area contributed by atoms with Crippen molar-refractivity contribution >= 4 is 5.82 Å². The number of aromatic nitrogens is 2. The summed E-state index contributed by atoms with van der Waals surface area (Å²) in [7, 11) is 0. The lowest BCUT2D eigenvalue weighted by Gasteiger charge is -2.25. The van der Waals surface area contributed by atoms with E-state index in [9.17, 15) is 8.78 Å². The van der Waals surface area contributed by atoms with Gasteiger partial charge in [-0.25, -0.2) is 13.8 Å². The molecule has 0 spiro atoms. The van der Waals surface area contributed by atoms with E-state index in [-0.39, 0.29) is 5.54 Å². The van der Waals surface area contributed by atoms with Crippen LogP contribution in [0.3, 0.4) is 0 Å². The number of nitrogens with zero attached hydrogens (tertiary/aromatic N) is 2. The molecule has 0 radical (unpaired) electrons. The van der Waals surface area contributed by atoms with Gasteiger partial charge in [0.1, 0.15) is 17.3 Å². The number of anilines is 1. The average molecular weight is 293 g/mol. The van der Waals surface area contributed by atoms with Gasteiger partial charge in [-0.05, 0) is 45.4 Å². The first-order valence-electron chi connectivity index (χ1n) is 7.08. The summed E-state index contributed by atoms with van der Waals surface area (Å²) in [6.45, 7) is 8.19. The van der Waals surface area contributed by atoms with Crippen LogP contribution in [0.5, 0.6) is 0 Å². The second-order valence-electron chi connectivity index (χ2n) is 6.15. The van der Waals surface area contributed by atoms with E-state index < -0.39 is 11.6 Å². The van der Waals surface area contributed by atoms with Crippen molar-refractivity contribution in [3.63, 3.8) is 0 Å². The first kappa shape index (κ1) is 15.5. The largest absolute Gasteiger partial charge is 0.383 e. The highest BCUT2D eigenvalue weighted by molar-refractivity contribution is 5.71. The number of rotatable bonds is 3. The van der Waals surface area contributed by atoms with Crippen molar-refractivity contribution in [2.75, 3.05) is 5.73 Å². The fourth-order valence-electron chi connectivity index (χ4n) is 2.48. The summed E-state index contributed by atoms with van der Waals surface area (Å²) in [6.07, 6.45) is 1.72. The van der Waals surface area contributed by atoms with Gasteiger partial charge in [0.25, 0.3) is 0 Å². The van der Waals surface area contributed by atoms with E-state index in [1.165, 1.54) is 6.07 Å². The second-order valence-corrected chi connectivity index (χ2v) is 6.15. The number of nitrogens with two attached hydrogens (primary N) is 1. The van der Waals surface area contributed by atoms with Crippen LogP contribution in [-0.4, -0.2) is 9.55 Å². The van der Waals surface area contributed by atoms with Crippen molar-refractivity contribution in [1.82, 2.24) is 9.55 Å². The number of benzene rings is 1. The van der Waals surface area contributed by atoms with Gasteiger partial charge in [-0.1, -0.05) is 6.92 Å². The lowest BCUT2D eigenvalue weighted by molar-refractivity contribution is 0.387. The number of hydrogen-bond acceptors (Lipinski definition) is 2. The monoisotopic (exact) mass is 293 g/mol. The number of hydrogen-bond donors (Lipinski definition) is 1. The third kappa shape index (κ3) is 2.91. The zero-order valence-electron chi connectivity index (χ0n) is 12.9. The van der Waals surface area contributed by atoms with Gasteiger partial charge in [0.05, 0.1) is 0 Å². The summed E-state index contributed by atoms with van der Waals surface area (Å²) >= 11 is 0. The molecule has 2 rings (SSSR count). The molecule has 3 nitrogen and oxygen atoms in total. The van der Waals surface area contributed by atoms with E-state index >= 15 is 0 Å². The SMILES string of the molecule is CCCc1nc(-c2ccc(F)c(F)c2)c(N)n1C(C)(C)C. The van der Waals surface area contributed by atoms with Gasteiger partial charge in [-0.2, -0.15) is 0 Å². The van der Waals surface area contributed by atoms with Crippen LogP contribution >= 0.6 is 0 Å². The summed E-state index contributed by atoms with van der Waals surface area (Å²) in [5, 5.41) is 0. The van der Waals surface area contributed by atoms with Gasteiger partial charge in [0, 0.05) is 17.5 Å². The molecule has 1 heterocycles. The second kappa shape index (κ2) is 5.47. The Morgan fingerprint density at radius 1 is 1.19 bits per heavy atom. The first-order chi connectivity index (χ1) is 9.75. The van der Waals surface area contributed by atoms with Crippen LogP contribution in [0.15, 0.2) is 18.2 Å². The number of aryl methyl sites for hydroxylation is 1. The van der Waals surface area contributed by atoms with E-state index in [2.05, 4.69) is 11.9 Å². The van der Waals surface area contributed by atoms with Crippen molar-refractivity contribution in [1.29, 1.82) is 0 Å². The Hall–Kier alpha value is -1.91. The molecule has 0 bridgehead atoms. The third-order valence-electron chi connectivity index (χ3n) is 3.32. The van der Waals surface area contributed by atoms with Crippen molar-refractivity contribution < 1.29 is 8.78 Å². The fraction of sp³-hybridized carbons (Fsp3) is 0.438. The molecule has 114 valence electrons. The van der Waals surface area contributed by atoms with Gasteiger partial charge in [0.2, 0.25) is 0 Å². The quantitative estimate of drug-likeness (QED) is 0.925. The molecule has 0 unspecified atom stereocenters. The Kier molecular flexibility index (Phi) is 4.03. The number of imidazole rings is 1. The van der Waals surface area contributed by atoms with Gasteiger partial charge >= 0.3 is 0 Å². The molecule has 0 atom stereocenters. The molecule has 0 saturated carbocycles. The Bertz CT molecular complexity index is 654. The molecule has 1 aromatic heterocycles. The van der Waals surface area contributed by atoms with Crippen molar-refractivity contribution in [2.45, 2.75) is 46.1 Å². The highest BCUT2D eigenvalue weighted by Gasteiger charge is 2.24. The standard InChI is InChI=1S/C16H21F2N3/c1-5-6-13-20-14(15(19)21(13)16(2,3)4)10-7-8-11(17)12(18)9-10/h7-9H,5-6,19H2,1-4H3. The van der Waals surface area contributed by atoms with E-state index in [1.807, 2.05) is 25.3 Å². The zero-order chi connectivity index (χ0) is 15.8. The van der Waals surface area contributed by atoms with Crippen LogP contribution in [-0.2, 0) is 12.0 Å². The maximum atomic E-state index is 13.4. The van der Waals surface area contributed by atoms with Gasteiger partial charge in [-0.3, -0.25) is 0 Å². The molecule has 2 aromatic rings. The van der Waals surface area contributed by atoms with Gasteiger partial charge < -0.3 is 10.3 Å². The van der Waals surface area contributed by atoms with Crippen LogP contribution in [0.4, 0.5) is 14.6 Å². The highest BCUT2D eigenvalue weighted by Crippen LogP contribution is 2.32. The molecular weight excluding hydrogens is 272 g/mol. The smallest absolute Gasteiger partial charge is 0.159 e. The Morgan fingerprint density at radius 3 is 2.38 bits per heavy atom. The molecule has 21 heavy (non-hydrogen) atoms. The van der Waals surface area contributed by atoms with Gasteiger partial charge in [0.15, 0.2) is 11.6 Å². The molecule has 1 aromatic carbocycles. The molecule has 2 N–H and O–H groups in total. The minimum absolute atomic E-state index is 0.224. The van der Waals surface area contributed by atoms with Crippen LogP contribution in [0.1, 0.15) is 39.9 Å². The van der Waals surface area contributed by atoms with E-state index in [0.717, 1.165) is 30.8 Å². The Morgan fingerprint density at radius 2 is 1.86 bits per heavy atom. The van der Waals surface area contributed by atoms with E-state index in [1.54, 1.807) is 0 Å². The lowest BCUT2D eigenvalue weighted by Crippen LogP contribution is -2.25. The van der Waals surface area contributed by atoms with Crippen LogP contribution < -0.4 is 5.73 Å². The van der Waals surface area contributed by atoms with Crippen LogP contribution in [0, 0.1) is 11.6 Å². The van der Waals surface area contributed by atoms with Gasteiger partial charge in [-0.15, -0.1) is 0 Å². The molecule has 0 aliphatic rings. The molecule has 0 amide bonds. The summed E-state index contributed by atoms with van der Waals surface area (Å²) in [5.41, 5.74) is 7.00. The maximum absolute atomic E-state index is 13.4. The minimum Gasteiger partial charge on any atom is -0.383 e. The predicted octanol–water partition coefficient (Wildman–Crippen LogP) is 4.12. The topological polar surface area (TPSA) is 43.8 Å². The van der Waals surface area contributed by atoms with Crippen LogP contribution in [0.25, 0.3) is 11.3 Å².